The molecule has 9 nitrogen and oxygen atoms in total. The van der Waals surface area contributed by atoms with E-state index in [-0.39, 0.29) is 18.7 Å². The minimum Gasteiger partial charge on any atom is -0.493 e. The summed E-state index contributed by atoms with van der Waals surface area (Å²) in [6, 6.07) is 5.09. The van der Waals surface area contributed by atoms with Crippen LogP contribution in [0.2, 0.25) is 0 Å². The number of carbonyl (C=O) groups is 1. The number of hydrogen-bond donors (Lipinski definition) is 0. The summed E-state index contributed by atoms with van der Waals surface area (Å²) in [5, 5.41) is 0. The summed E-state index contributed by atoms with van der Waals surface area (Å²) in [5.41, 5.74) is 0.437. The first-order valence-electron chi connectivity index (χ1n) is 9.78. The number of benzene rings is 1. The SMILES string of the molecule is C=CCn1c(=O)c2c(nc(/C=C/c3ccc(OC(C)=O)c(OC)c3)n2C)n(CC=C)c1=O. The molecule has 0 fully saturated rings. The second-order valence-corrected chi connectivity index (χ2v) is 6.92. The molecule has 3 aromatic rings. The van der Waals surface area contributed by atoms with Gasteiger partial charge in [0.25, 0.3) is 5.56 Å². The molecule has 0 unspecified atom stereocenters. The summed E-state index contributed by atoms with van der Waals surface area (Å²) in [5.74, 6) is 0.753. The normalized spacial score (nSPS) is 11.1. The lowest BCUT2D eigenvalue weighted by Gasteiger charge is -2.08. The summed E-state index contributed by atoms with van der Waals surface area (Å²) in [6.07, 6.45) is 6.57. The van der Waals surface area contributed by atoms with Gasteiger partial charge in [-0.25, -0.2) is 9.78 Å². The van der Waals surface area contributed by atoms with Gasteiger partial charge in [0.05, 0.1) is 7.11 Å². The zero-order valence-corrected chi connectivity index (χ0v) is 18.2. The standard InChI is InChI=1S/C23H24N4O5/c1-6-12-26-21-20(22(29)27(13-7-2)23(26)30)25(4)19(24-21)11-9-16-8-10-17(32-15(3)28)18(14-16)31-5/h6-11,14H,1-2,12-13H2,3-5H3/b11-9+. The minimum absolute atomic E-state index is 0.0928. The summed E-state index contributed by atoms with van der Waals surface area (Å²) >= 11 is 0. The van der Waals surface area contributed by atoms with Gasteiger partial charge in [-0.2, -0.15) is 0 Å². The third-order valence-electron chi connectivity index (χ3n) is 4.77. The molecule has 3 rings (SSSR count). The highest BCUT2D eigenvalue weighted by Gasteiger charge is 2.18. The molecule has 0 saturated heterocycles. The number of imidazole rings is 1. The third-order valence-corrected chi connectivity index (χ3v) is 4.77. The second-order valence-electron chi connectivity index (χ2n) is 6.92. The van der Waals surface area contributed by atoms with E-state index in [9.17, 15) is 14.4 Å². The summed E-state index contributed by atoms with van der Waals surface area (Å²) in [4.78, 5) is 41.5. The molecule has 0 bridgehead atoms. The topological polar surface area (TPSA) is 97.3 Å². The van der Waals surface area contributed by atoms with Crippen molar-refractivity contribution in [3.05, 3.63) is 75.7 Å². The van der Waals surface area contributed by atoms with Gasteiger partial charge in [-0.05, 0) is 23.8 Å². The first-order valence-corrected chi connectivity index (χ1v) is 9.78. The number of esters is 1. The zero-order valence-electron chi connectivity index (χ0n) is 18.2. The van der Waals surface area contributed by atoms with Crippen molar-refractivity contribution in [3.8, 4) is 11.5 Å². The number of rotatable bonds is 8. The van der Waals surface area contributed by atoms with Crippen LogP contribution in [-0.4, -0.2) is 31.8 Å². The van der Waals surface area contributed by atoms with Crippen LogP contribution >= 0.6 is 0 Å². The molecule has 0 amide bonds. The predicted octanol–water partition coefficient (Wildman–Crippen LogP) is 2.37. The van der Waals surface area contributed by atoms with E-state index in [0.29, 0.717) is 22.8 Å². The number of carbonyl (C=O) groups excluding carboxylic acids is 1. The highest BCUT2D eigenvalue weighted by molar-refractivity contribution is 5.77. The average molecular weight is 436 g/mol. The molecule has 9 heteroatoms. The molecule has 0 aliphatic carbocycles. The van der Waals surface area contributed by atoms with Crippen molar-refractivity contribution in [2.24, 2.45) is 7.05 Å². The quantitative estimate of drug-likeness (QED) is 0.306. The molecule has 2 aromatic heterocycles. The number of hydrogen-bond acceptors (Lipinski definition) is 6. The number of aryl methyl sites for hydroxylation is 1. The van der Waals surface area contributed by atoms with Gasteiger partial charge in [-0.1, -0.05) is 24.3 Å². The minimum atomic E-state index is -0.471. The lowest BCUT2D eigenvalue weighted by molar-refractivity contribution is -0.132. The number of nitrogens with zero attached hydrogens (tertiary/aromatic N) is 4. The van der Waals surface area contributed by atoms with Crippen molar-refractivity contribution >= 4 is 29.3 Å². The van der Waals surface area contributed by atoms with Gasteiger partial charge < -0.3 is 14.0 Å². The van der Waals surface area contributed by atoms with Crippen LogP contribution in [0.15, 0.2) is 53.1 Å². The molecule has 0 spiro atoms. The third kappa shape index (κ3) is 4.18. The lowest BCUT2D eigenvalue weighted by Crippen LogP contribution is -2.40. The van der Waals surface area contributed by atoms with Gasteiger partial charge in [0.15, 0.2) is 22.7 Å². The molecule has 0 saturated carbocycles. The molecule has 166 valence electrons. The summed E-state index contributed by atoms with van der Waals surface area (Å²) < 4.78 is 14.6. The Balaban J connectivity index is 2.11. The Hall–Kier alpha value is -4.14. The van der Waals surface area contributed by atoms with Crippen LogP contribution in [0.25, 0.3) is 23.3 Å². The Labute approximate surface area is 184 Å². The van der Waals surface area contributed by atoms with E-state index in [1.165, 1.54) is 24.7 Å². The fraction of sp³-hybridized carbons (Fsp3) is 0.217. The number of methoxy groups -OCH3 is 1. The fourth-order valence-corrected chi connectivity index (χ4v) is 3.31. The molecule has 0 aliphatic heterocycles. The Morgan fingerprint density at radius 2 is 1.78 bits per heavy atom. The van der Waals surface area contributed by atoms with Crippen LogP contribution < -0.4 is 20.7 Å². The van der Waals surface area contributed by atoms with E-state index in [4.69, 9.17) is 9.47 Å². The first-order chi connectivity index (χ1) is 15.3. The molecule has 0 N–H and O–H groups in total. The summed E-state index contributed by atoms with van der Waals surface area (Å²) in [6.45, 7) is 8.93. The molecular formula is C23H24N4O5. The van der Waals surface area contributed by atoms with Crippen molar-refractivity contribution in [3.63, 3.8) is 0 Å². The van der Waals surface area contributed by atoms with Crippen molar-refractivity contribution in [1.82, 2.24) is 18.7 Å². The second kappa shape index (κ2) is 9.34. The van der Waals surface area contributed by atoms with Crippen LogP contribution in [0.4, 0.5) is 0 Å². The molecule has 32 heavy (non-hydrogen) atoms. The van der Waals surface area contributed by atoms with Gasteiger partial charge >= 0.3 is 11.7 Å². The van der Waals surface area contributed by atoms with Gasteiger partial charge in [-0.15, -0.1) is 13.2 Å². The van der Waals surface area contributed by atoms with E-state index in [0.717, 1.165) is 10.1 Å². The molecule has 2 heterocycles. The van der Waals surface area contributed by atoms with Crippen molar-refractivity contribution in [2.75, 3.05) is 7.11 Å². The maximum Gasteiger partial charge on any atom is 0.333 e. The van der Waals surface area contributed by atoms with Crippen molar-refractivity contribution < 1.29 is 14.3 Å². The van der Waals surface area contributed by atoms with E-state index < -0.39 is 17.2 Å². The monoisotopic (exact) mass is 436 g/mol. The Bertz CT molecular complexity index is 1360. The van der Waals surface area contributed by atoms with E-state index in [2.05, 4.69) is 18.1 Å². The maximum absolute atomic E-state index is 12.9. The van der Waals surface area contributed by atoms with Crippen LogP contribution in [0.1, 0.15) is 18.3 Å². The number of ether oxygens (including phenoxy) is 2. The largest absolute Gasteiger partial charge is 0.493 e. The van der Waals surface area contributed by atoms with E-state index >= 15 is 0 Å². The van der Waals surface area contributed by atoms with Crippen molar-refractivity contribution in [1.29, 1.82) is 0 Å². The van der Waals surface area contributed by atoms with Crippen LogP contribution in [0.5, 0.6) is 11.5 Å². The van der Waals surface area contributed by atoms with Crippen LogP contribution in [0, 0.1) is 0 Å². The lowest BCUT2D eigenvalue weighted by atomic mass is 10.2. The van der Waals surface area contributed by atoms with Gasteiger partial charge in [-0.3, -0.25) is 18.7 Å². The van der Waals surface area contributed by atoms with Crippen molar-refractivity contribution in [2.45, 2.75) is 20.0 Å². The molecule has 1 aromatic carbocycles. The van der Waals surface area contributed by atoms with Crippen LogP contribution in [0.3, 0.4) is 0 Å². The van der Waals surface area contributed by atoms with E-state index in [1.54, 1.807) is 48.0 Å². The summed E-state index contributed by atoms with van der Waals surface area (Å²) in [7, 11) is 3.19. The number of fused-ring (bicyclic) bond motifs is 1. The molecular weight excluding hydrogens is 412 g/mol. The highest BCUT2D eigenvalue weighted by Crippen LogP contribution is 2.29. The number of aromatic nitrogens is 4. The maximum atomic E-state index is 12.9. The first kappa shape index (κ1) is 22.5. The smallest absolute Gasteiger partial charge is 0.333 e. The van der Waals surface area contributed by atoms with Gasteiger partial charge in [0.2, 0.25) is 0 Å². The molecule has 0 aliphatic rings. The fourth-order valence-electron chi connectivity index (χ4n) is 3.31. The Morgan fingerprint density at radius 3 is 2.41 bits per heavy atom. The predicted molar refractivity (Wildman–Crippen MR) is 123 cm³/mol. The molecule has 0 radical (unpaired) electrons. The Morgan fingerprint density at radius 1 is 1.09 bits per heavy atom. The average Bonchev–Trinajstić information content (AvgIpc) is 3.09. The Kier molecular flexibility index (Phi) is 6.58. The molecule has 0 atom stereocenters. The van der Waals surface area contributed by atoms with Gasteiger partial charge in [0.1, 0.15) is 5.82 Å². The zero-order chi connectivity index (χ0) is 23.4. The van der Waals surface area contributed by atoms with E-state index in [1.807, 2.05) is 0 Å². The number of allylic oxidation sites excluding steroid dienone is 2. The van der Waals surface area contributed by atoms with Gasteiger partial charge in [0, 0.05) is 27.1 Å². The highest BCUT2D eigenvalue weighted by atomic mass is 16.6. The van der Waals surface area contributed by atoms with Crippen LogP contribution in [-0.2, 0) is 24.9 Å².